The number of amides is 1. The van der Waals surface area contributed by atoms with Crippen LogP contribution in [-0.4, -0.2) is 31.8 Å². The summed E-state index contributed by atoms with van der Waals surface area (Å²) >= 11 is 1.30. The molecule has 5 heteroatoms. The van der Waals surface area contributed by atoms with Gasteiger partial charge >= 0.3 is 0 Å². The Balaban J connectivity index is 2.25. The second-order valence-electron chi connectivity index (χ2n) is 4.16. The van der Waals surface area contributed by atoms with Crippen LogP contribution in [0.4, 0.5) is 5.69 Å². The molecule has 1 aromatic carbocycles. The van der Waals surface area contributed by atoms with Gasteiger partial charge in [-0.1, -0.05) is 24.0 Å². The zero-order valence-electron chi connectivity index (χ0n) is 11.8. The maximum atomic E-state index is 12.5. The highest BCUT2D eigenvalue weighted by molar-refractivity contribution is 7.14. The molecule has 108 valence electrons. The van der Waals surface area contributed by atoms with Crippen LogP contribution >= 0.6 is 11.3 Å². The van der Waals surface area contributed by atoms with Crippen molar-refractivity contribution in [3.8, 4) is 17.6 Å². The van der Waals surface area contributed by atoms with Crippen LogP contribution in [0.5, 0.6) is 5.75 Å². The molecule has 2 rings (SSSR count). The Bertz CT molecular complexity index is 697. The summed E-state index contributed by atoms with van der Waals surface area (Å²) in [5, 5.41) is 8.68. The molecule has 2 aromatic rings. The summed E-state index contributed by atoms with van der Waals surface area (Å²) in [4.78, 5) is 15.4. The highest BCUT2D eigenvalue weighted by Gasteiger charge is 2.18. The van der Waals surface area contributed by atoms with E-state index >= 15 is 0 Å². The fourth-order valence-electron chi connectivity index (χ4n) is 1.83. The van der Waals surface area contributed by atoms with E-state index in [9.17, 15) is 4.79 Å². The van der Waals surface area contributed by atoms with Gasteiger partial charge in [0.15, 0.2) is 0 Å². The van der Waals surface area contributed by atoms with Crippen molar-refractivity contribution in [3.63, 3.8) is 0 Å². The van der Waals surface area contributed by atoms with E-state index in [1.165, 1.54) is 11.3 Å². The maximum absolute atomic E-state index is 12.5. The number of benzene rings is 1. The third-order valence-corrected chi connectivity index (χ3v) is 3.85. The smallest absolute Gasteiger partial charge is 0.268 e. The van der Waals surface area contributed by atoms with Gasteiger partial charge in [0.05, 0.1) is 22.6 Å². The van der Waals surface area contributed by atoms with Crippen molar-refractivity contribution in [2.75, 3.05) is 25.7 Å². The quantitative estimate of drug-likeness (QED) is 0.886. The van der Waals surface area contributed by atoms with E-state index in [2.05, 4.69) is 11.8 Å². The minimum absolute atomic E-state index is 0.124. The lowest BCUT2D eigenvalue weighted by Crippen LogP contribution is -2.25. The van der Waals surface area contributed by atoms with Crippen molar-refractivity contribution in [2.45, 2.75) is 0 Å². The molecule has 0 saturated carbocycles. The first-order valence-corrected chi connectivity index (χ1v) is 7.09. The lowest BCUT2D eigenvalue weighted by Gasteiger charge is -2.19. The molecule has 21 heavy (non-hydrogen) atoms. The Kier molecular flexibility index (Phi) is 4.99. The average molecular weight is 301 g/mol. The van der Waals surface area contributed by atoms with Gasteiger partial charge in [-0.05, 0) is 24.3 Å². The largest absolute Gasteiger partial charge is 0.495 e. The monoisotopic (exact) mass is 301 g/mol. The van der Waals surface area contributed by atoms with Gasteiger partial charge in [0.25, 0.3) is 5.91 Å². The molecule has 0 bridgehead atoms. The first-order chi connectivity index (χ1) is 10.2. The number of aliphatic hydroxyl groups excluding tert-OH is 1. The Labute approximate surface area is 127 Å². The number of nitrogens with zero attached hydrogens (tertiary/aromatic N) is 1. The molecule has 0 atom stereocenters. The van der Waals surface area contributed by atoms with Crippen LogP contribution in [0.15, 0.2) is 36.4 Å². The van der Waals surface area contributed by atoms with Crippen LogP contribution in [0.1, 0.15) is 14.5 Å². The van der Waals surface area contributed by atoms with E-state index in [4.69, 9.17) is 9.84 Å². The molecule has 0 unspecified atom stereocenters. The molecular weight excluding hydrogens is 286 g/mol. The van der Waals surface area contributed by atoms with E-state index in [-0.39, 0.29) is 12.5 Å². The standard InChI is InChI=1S/C16H15NO3S/c1-17(13-7-3-4-8-14(13)20-2)16(19)15-10-9-12(21-15)6-5-11-18/h3-4,7-10,18H,11H2,1-2H3. The number of aliphatic hydroxyl groups is 1. The molecule has 4 nitrogen and oxygen atoms in total. The molecule has 1 aromatic heterocycles. The van der Waals surface area contributed by atoms with E-state index in [1.807, 2.05) is 24.3 Å². The Morgan fingerprint density at radius 3 is 2.81 bits per heavy atom. The number of thiophene rings is 1. The Hall–Kier alpha value is -2.29. The van der Waals surface area contributed by atoms with Gasteiger partial charge in [-0.15, -0.1) is 11.3 Å². The van der Waals surface area contributed by atoms with Crippen molar-refractivity contribution in [3.05, 3.63) is 46.2 Å². The van der Waals surface area contributed by atoms with Gasteiger partial charge in [-0.2, -0.15) is 0 Å². The summed E-state index contributed by atoms with van der Waals surface area (Å²) in [5.74, 6) is 5.88. The third-order valence-electron chi connectivity index (χ3n) is 2.86. The lowest BCUT2D eigenvalue weighted by atomic mass is 10.2. The molecule has 0 radical (unpaired) electrons. The van der Waals surface area contributed by atoms with E-state index < -0.39 is 0 Å². The topological polar surface area (TPSA) is 49.8 Å². The van der Waals surface area contributed by atoms with Crippen LogP contribution in [0.25, 0.3) is 0 Å². The van der Waals surface area contributed by atoms with Crippen LogP contribution < -0.4 is 9.64 Å². The number of rotatable bonds is 3. The molecule has 0 aliphatic heterocycles. The first-order valence-electron chi connectivity index (χ1n) is 6.28. The maximum Gasteiger partial charge on any atom is 0.268 e. The molecule has 1 amide bonds. The van der Waals surface area contributed by atoms with Gasteiger partial charge in [0.1, 0.15) is 12.4 Å². The van der Waals surface area contributed by atoms with Gasteiger partial charge in [0.2, 0.25) is 0 Å². The Morgan fingerprint density at radius 1 is 1.33 bits per heavy atom. The zero-order valence-corrected chi connectivity index (χ0v) is 12.6. The average Bonchev–Trinajstić information content (AvgIpc) is 3.00. The lowest BCUT2D eigenvalue weighted by molar-refractivity contribution is 0.0996. The van der Waals surface area contributed by atoms with Crippen LogP contribution in [0.2, 0.25) is 0 Å². The highest BCUT2D eigenvalue weighted by atomic mass is 32.1. The van der Waals surface area contributed by atoms with Crippen molar-refractivity contribution < 1.29 is 14.6 Å². The number of hydrogen-bond acceptors (Lipinski definition) is 4. The summed E-state index contributed by atoms with van der Waals surface area (Å²) in [7, 11) is 3.28. The predicted octanol–water partition coefficient (Wildman–Crippen LogP) is 2.38. The third kappa shape index (κ3) is 3.43. The zero-order chi connectivity index (χ0) is 15.2. The number of para-hydroxylation sites is 2. The highest BCUT2D eigenvalue weighted by Crippen LogP contribution is 2.28. The number of carbonyl (C=O) groups excluding carboxylic acids is 1. The minimum Gasteiger partial charge on any atom is -0.495 e. The summed E-state index contributed by atoms with van der Waals surface area (Å²) in [6.45, 7) is -0.192. The molecule has 1 N–H and O–H groups in total. The van der Waals surface area contributed by atoms with Gasteiger partial charge in [0, 0.05) is 7.05 Å². The summed E-state index contributed by atoms with van der Waals surface area (Å²) < 4.78 is 5.27. The first kappa shape index (κ1) is 15.1. The van der Waals surface area contributed by atoms with Crippen molar-refractivity contribution in [1.29, 1.82) is 0 Å². The van der Waals surface area contributed by atoms with E-state index in [1.54, 1.807) is 31.2 Å². The van der Waals surface area contributed by atoms with E-state index in [0.717, 1.165) is 4.88 Å². The van der Waals surface area contributed by atoms with Crippen LogP contribution in [0, 0.1) is 11.8 Å². The molecular formula is C16H15NO3S. The number of ether oxygens (including phenoxy) is 1. The normalized spacial score (nSPS) is 9.67. The van der Waals surface area contributed by atoms with Gasteiger partial charge in [-0.3, -0.25) is 4.79 Å². The summed E-state index contributed by atoms with van der Waals surface area (Å²) in [6.07, 6.45) is 0. The number of carbonyl (C=O) groups is 1. The number of methoxy groups -OCH3 is 1. The summed E-state index contributed by atoms with van der Waals surface area (Å²) in [5.41, 5.74) is 0.710. The van der Waals surface area contributed by atoms with Gasteiger partial charge < -0.3 is 14.7 Å². The number of anilines is 1. The van der Waals surface area contributed by atoms with Gasteiger partial charge in [-0.25, -0.2) is 0 Å². The minimum atomic E-state index is -0.192. The second kappa shape index (κ2) is 6.93. The molecule has 0 aliphatic carbocycles. The van der Waals surface area contributed by atoms with Crippen molar-refractivity contribution in [1.82, 2.24) is 0 Å². The fourth-order valence-corrected chi connectivity index (χ4v) is 2.68. The second-order valence-corrected chi connectivity index (χ2v) is 5.24. The SMILES string of the molecule is COc1ccccc1N(C)C(=O)c1ccc(C#CCO)s1. The van der Waals surface area contributed by atoms with Crippen molar-refractivity contribution >= 4 is 22.9 Å². The van der Waals surface area contributed by atoms with Crippen LogP contribution in [0.3, 0.4) is 0 Å². The molecule has 0 aliphatic rings. The van der Waals surface area contributed by atoms with Crippen LogP contribution in [-0.2, 0) is 0 Å². The molecule has 0 saturated heterocycles. The predicted molar refractivity (Wildman–Crippen MR) is 84.0 cm³/mol. The van der Waals surface area contributed by atoms with Crippen molar-refractivity contribution in [2.24, 2.45) is 0 Å². The van der Waals surface area contributed by atoms with E-state index in [0.29, 0.717) is 16.3 Å². The Morgan fingerprint density at radius 2 is 2.10 bits per heavy atom. The summed E-state index contributed by atoms with van der Waals surface area (Å²) in [6, 6.07) is 10.9. The molecule has 0 spiro atoms. The molecule has 1 heterocycles. The number of hydrogen-bond donors (Lipinski definition) is 1. The fraction of sp³-hybridized carbons (Fsp3) is 0.188. The molecule has 0 fully saturated rings.